The van der Waals surface area contributed by atoms with Gasteiger partial charge in [-0.15, -0.1) is 0 Å². The maximum atomic E-state index is 5.57. The molecule has 1 unspecified atom stereocenters. The first kappa shape index (κ1) is 16.5. The van der Waals surface area contributed by atoms with E-state index in [0.717, 1.165) is 26.3 Å². The minimum Gasteiger partial charge on any atom is -0.381 e. The zero-order chi connectivity index (χ0) is 16.4. The second-order valence-corrected chi connectivity index (χ2v) is 7.74. The summed E-state index contributed by atoms with van der Waals surface area (Å²) < 4.78 is 7.96. The van der Waals surface area contributed by atoms with E-state index in [9.17, 15) is 0 Å². The molecule has 0 bridgehead atoms. The van der Waals surface area contributed by atoms with E-state index in [1.165, 1.54) is 57.9 Å². The van der Waals surface area contributed by atoms with E-state index >= 15 is 0 Å². The van der Waals surface area contributed by atoms with Gasteiger partial charge in [-0.25, -0.2) is 4.98 Å². The minimum atomic E-state index is 0.664. The van der Waals surface area contributed by atoms with Gasteiger partial charge in [-0.3, -0.25) is 4.90 Å². The van der Waals surface area contributed by atoms with Crippen molar-refractivity contribution in [1.82, 2.24) is 24.3 Å². The van der Waals surface area contributed by atoms with Crippen LogP contribution in [0.25, 0.3) is 0 Å². The summed E-state index contributed by atoms with van der Waals surface area (Å²) in [5, 5.41) is 0. The quantitative estimate of drug-likeness (QED) is 0.816. The van der Waals surface area contributed by atoms with Crippen LogP contribution in [0.5, 0.6) is 0 Å². The van der Waals surface area contributed by atoms with Crippen LogP contribution in [-0.4, -0.2) is 89.8 Å². The Kier molecular flexibility index (Phi) is 5.17. The number of aromatic nitrogens is 2. The number of imidazole rings is 1. The summed E-state index contributed by atoms with van der Waals surface area (Å²) in [5.74, 6) is 1.93. The molecule has 0 spiro atoms. The normalized spacial score (nSPS) is 28.6. The van der Waals surface area contributed by atoms with Gasteiger partial charge in [0.2, 0.25) is 0 Å². The van der Waals surface area contributed by atoms with Crippen molar-refractivity contribution in [2.24, 2.45) is 5.92 Å². The summed E-state index contributed by atoms with van der Waals surface area (Å²) in [5.41, 5.74) is 0. The van der Waals surface area contributed by atoms with Gasteiger partial charge in [0.1, 0.15) is 5.82 Å². The minimum absolute atomic E-state index is 0.664. The lowest BCUT2D eigenvalue weighted by Crippen LogP contribution is -2.48. The molecular weight excluding hydrogens is 302 g/mol. The van der Waals surface area contributed by atoms with Gasteiger partial charge in [-0.1, -0.05) is 0 Å². The molecule has 134 valence electrons. The molecule has 0 N–H and O–H groups in total. The van der Waals surface area contributed by atoms with Crippen molar-refractivity contribution in [3.05, 3.63) is 18.2 Å². The lowest BCUT2D eigenvalue weighted by molar-refractivity contribution is 0.0224. The van der Waals surface area contributed by atoms with Crippen molar-refractivity contribution < 1.29 is 4.74 Å². The van der Waals surface area contributed by atoms with E-state index in [-0.39, 0.29) is 0 Å². The predicted molar refractivity (Wildman–Crippen MR) is 93.9 cm³/mol. The Morgan fingerprint density at radius 1 is 1.12 bits per heavy atom. The molecule has 0 aromatic carbocycles. The third-order valence-corrected chi connectivity index (χ3v) is 5.91. The van der Waals surface area contributed by atoms with Crippen LogP contribution in [0.1, 0.15) is 18.7 Å². The fraction of sp³-hybridized carbons (Fsp3) is 0.833. The largest absolute Gasteiger partial charge is 0.381 e. The third-order valence-electron chi connectivity index (χ3n) is 5.91. The maximum absolute atomic E-state index is 5.57. The Morgan fingerprint density at radius 2 is 1.92 bits per heavy atom. The van der Waals surface area contributed by atoms with E-state index < -0.39 is 0 Å². The van der Waals surface area contributed by atoms with Crippen LogP contribution in [0.15, 0.2) is 12.4 Å². The summed E-state index contributed by atoms with van der Waals surface area (Å²) in [6.07, 6.45) is 6.47. The van der Waals surface area contributed by atoms with E-state index in [0.29, 0.717) is 12.0 Å². The highest BCUT2D eigenvalue weighted by atomic mass is 16.5. The maximum Gasteiger partial charge on any atom is 0.122 e. The highest BCUT2D eigenvalue weighted by Crippen LogP contribution is 2.23. The number of fused-ring (bicyclic) bond motifs is 1. The second kappa shape index (κ2) is 7.52. The molecule has 2 fully saturated rings. The lowest BCUT2D eigenvalue weighted by atomic mass is 10.0. The number of piperazine rings is 1. The third kappa shape index (κ3) is 3.82. The molecule has 6 nitrogen and oxygen atoms in total. The molecule has 2 saturated heterocycles. The lowest BCUT2D eigenvalue weighted by Gasteiger charge is -2.37. The molecule has 1 aromatic heterocycles. The van der Waals surface area contributed by atoms with Crippen LogP contribution in [0.4, 0.5) is 0 Å². The molecule has 1 aromatic rings. The smallest absolute Gasteiger partial charge is 0.122 e. The van der Waals surface area contributed by atoms with Crippen LogP contribution in [0, 0.1) is 5.92 Å². The molecule has 3 aliphatic rings. The first-order chi connectivity index (χ1) is 11.8. The van der Waals surface area contributed by atoms with Crippen molar-refractivity contribution in [3.8, 4) is 0 Å². The van der Waals surface area contributed by atoms with Crippen molar-refractivity contribution in [2.45, 2.75) is 32.0 Å². The number of ether oxygens (including phenoxy) is 1. The molecule has 24 heavy (non-hydrogen) atoms. The van der Waals surface area contributed by atoms with Crippen molar-refractivity contribution in [1.29, 1.82) is 0 Å². The summed E-state index contributed by atoms with van der Waals surface area (Å²) in [6, 6.07) is 0.664. The first-order valence-electron chi connectivity index (χ1n) is 9.50. The van der Waals surface area contributed by atoms with Gasteiger partial charge in [-0.05, 0) is 19.9 Å². The fourth-order valence-corrected chi connectivity index (χ4v) is 4.41. The number of hydrogen-bond donors (Lipinski definition) is 0. The van der Waals surface area contributed by atoms with Crippen LogP contribution in [0.2, 0.25) is 0 Å². The van der Waals surface area contributed by atoms with Gasteiger partial charge in [0.05, 0.1) is 6.54 Å². The molecule has 0 aliphatic carbocycles. The van der Waals surface area contributed by atoms with Gasteiger partial charge >= 0.3 is 0 Å². The van der Waals surface area contributed by atoms with Gasteiger partial charge in [0, 0.05) is 83.4 Å². The van der Waals surface area contributed by atoms with Gasteiger partial charge in [-0.2, -0.15) is 0 Å². The van der Waals surface area contributed by atoms with Gasteiger partial charge < -0.3 is 19.1 Å². The molecule has 1 atom stereocenters. The van der Waals surface area contributed by atoms with E-state index in [4.69, 9.17) is 4.74 Å². The van der Waals surface area contributed by atoms with Gasteiger partial charge in [0.15, 0.2) is 0 Å². The van der Waals surface area contributed by atoms with Crippen LogP contribution < -0.4 is 0 Å². The Hall–Kier alpha value is -0.950. The van der Waals surface area contributed by atoms with Crippen molar-refractivity contribution in [3.63, 3.8) is 0 Å². The summed E-state index contributed by atoms with van der Waals surface area (Å²) >= 11 is 0. The van der Waals surface area contributed by atoms with Crippen LogP contribution in [0.3, 0.4) is 0 Å². The molecule has 0 amide bonds. The molecular formula is C18H31N5O. The first-order valence-corrected chi connectivity index (χ1v) is 9.50. The van der Waals surface area contributed by atoms with E-state index in [2.05, 4.69) is 37.5 Å². The van der Waals surface area contributed by atoms with Crippen LogP contribution in [-0.2, 0) is 17.8 Å². The molecule has 0 radical (unpaired) electrons. The highest BCUT2D eigenvalue weighted by molar-refractivity contribution is 4.97. The number of rotatable bonds is 3. The molecule has 3 aliphatic heterocycles. The topological polar surface area (TPSA) is 36.8 Å². The summed E-state index contributed by atoms with van der Waals surface area (Å²) in [6.45, 7) is 11.2. The number of likely N-dealkylation sites (N-methyl/N-ethyl adjacent to an activating group) is 1. The Balaban J connectivity index is 1.44. The van der Waals surface area contributed by atoms with Crippen molar-refractivity contribution in [2.75, 3.05) is 59.5 Å². The molecule has 4 rings (SSSR count). The standard InChI is InChI=1S/C18H31N5O/c1-20-6-8-21(9-7-20)12-16-13-22-5-4-19-18(22)15-23(14-16)17-2-10-24-11-3-17/h4-5,16-17H,2-3,6-15H2,1H3. The van der Waals surface area contributed by atoms with Gasteiger partial charge in [0.25, 0.3) is 0 Å². The zero-order valence-electron chi connectivity index (χ0n) is 14.9. The summed E-state index contributed by atoms with van der Waals surface area (Å²) in [4.78, 5) is 12.4. The highest BCUT2D eigenvalue weighted by Gasteiger charge is 2.30. The monoisotopic (exact) mass is 333 g/mol. The average molecular weight is 333 g/mol. The predicted octanol–water partition coefficient (Wildman–Crippen LogP) is 0.741. The average Bonchev–Trinajstić information content (AvgIpc) is 2.96. The van der Waals surface area contributed by atoms with Crippen molar-refractivity contribution >= 4 is 0 Å². The molecule has 0 saturated carbocycles. The second-order valence-electron chi connectivity index (χ2n) is 7.74. The number of nitrogens with zero attached hydrogens (tertiary/aromatic N) is 5. The molecule has 6 heteroatoms. The Morgan fingerprint density at radius 3 is 2.71 bits per heavy atom. The van der Waals surface area contributed by atoms with E-state index in [1.54, 1.807) is 0 Å². The zero-order valence-corrected chi connectivity index (χ0v) is 14.9. The molecule has 4 heterocycles. The fourth-order valence-electron chi connectivity index (χ4n) is 4.41. The van der Waals surface area contributed by atoms with E-state index in [1.807, 2.05) is 6.20 Å². The Bertz CT molecular complexity index is 519. The number of hydrogen-bond acceptors (Lipinski definition) is 5. The summed E-state index contributed by atoms with van der Waals surface area (Å²) in [7, 11) is 2.23. The SMILES string of the molecule is CN1CCN(CC2CN(C3CCOCC3)Cc3nccn3C2)CC1. The Labute approximate surface area is 145 Å². The van der Waals surface area contributed by atoms with Crippen LogP contribution >= 0.6 is 0 Å².